The van der Waals surface area contributed by atoms with E-state index in [-0.39, 0.29) is 18.3 Å². The number of hydrogen-bond acceptors (Lipinski definition) is 3. The minimum absolute atomic E-state index is 0.385. The number of aliphatic hydroxyl groups is 3. The number of rotatable bonds is 3. The van der Waals surface area contributed by atoms with E-state index in [1.54, 1.807) is 20.8 Å². The summed E-state index contributed by atoms with van der Waals surface area (Å²) in [6, 6.07) is 69.4. The maximum Gasteiger partial charge on any atom is 0.0762 e. The van der Waals surface area contributed by atoms with Crippen LogP contribution in [-0.2, 0) is 0 Å². The van der Waals surface area contributed by atoms with E-state index in [1.807, 2.05) is 91.0 Å². The highest BCUT2D eigenvalue weighted by Gasteiger charge is 2.16. The smallest absolute Gasteiger partial charge is 0.0762 e. The average Bonchev–Trinajstić information content (AvgIpc) is 3.30. The first-order valence-electron chi connectivity index (χ1n) is 21.0. The average molecular weight is 793 g/mol. The standard InChI is InChI=1S/C22H12.3C12H12O/c1-3-13-7-9-15-11-12-16-10-8-14-4-2-6-18-17(5-1)19(13)21(15)22(16)20(14)18;3*1-9(13)11-7-6-10-4-2-3-5-12(10)8-11/h1-12H;3*2-9,13H,1H3. The summed E-state index contributed by atoms with van der Waals surface area (Å²) in [4.78, 5) is 0. The van der Waals surface area contributed by atoms with Crippen molar-refractivity contribution in [2.24, 2.45) is 0 Å². The third kappa shape index (κ3) is 7.95. The quantitative estimate of drug-likeness (QED) is 0.123. The van der Waals surface area contributed by atoms with Gasteiger partial charge in [0.1, 0.15) is 0 Å². The molecule has 3 heteroatoms. The molecule has 3 nitrogen and oxygen atoms in total. The molecule has 0 aliphatic heterocycles. The van der Waals surface area contributed by atoms with Crippen LogP contribution < -0.4 is 0 Å². The predicted octanol–water partition coefficient (Wildman–Crippen LogP) is 15.0. The molecule has 298 valence electrons. The van der Waals surface area contributed by atoms with Gasteiger partial charge in [-0.3, -0.25) is 0 Å². The molecule has 12 rings (SSSR count). The van der Waals surface area contributed by atoms with Crippen molar-refractivity contribution in [3.8, 4) is 0 Å². The Labute approximate surface area is 356 Å². The lowest BCUT2D eigenvalue weighted by atomic mass is 9.86. The minimum Gasteiger partial charge on any atom is -0.389 e. The molecule has 0 amide bonds. The first kappa shape index (κ1) is 39.6. The molecule has 0 saturated carbocycles. The molecule has 0 aromatic heterocycles. The largest absolute Gasteiger partial charge is 0.389 e. The van der Waals surface area contributed by atoms with Gasteiger partial charge in [0, 0.05) is 0 Å². The van der Waals surface area contributed by atoms with Crippen LogP contribution >= 0.6 is 0 Å². The zero-order chi connectivity index (χ0) is 42.0. The maximum atomic E-state index is 9.38. The molecule has 0 aliphatic carbocycles. The summed E-state index contributed by atoms with van der Waals surface area (Å²) in [5, 5.41) is 49.1. The summed E-state index contributed by atoms with van der Waals surface area (Å²) in [6.07, 6.45) is -1.15. The van der Waals surface area contributed by atoms with Crippen molar-refractivity contribution in [3.05, 3.63) is 217 Å². The van der Waals surface area contributed by atoms with Gasteiger partial charge < -0.3 is 15.3 Å². The van der Waals surface area contributed by atoms with Crippen LogP contribution in [0.3, 0.4) is 0 Å². The molecule has 3 N–H and O–H groups in total. The summed E-state index contributed by atoms with van der Waals surface area (Å²) < 4.78 is 0. The van der Waals surface area contributed by atoms with Crippen LogP contribution in [-0.4, -0.2) is 15.3 Å². The van der Waals surface area contributed by atoms with Crippen molar-refractivity contribution >= 4 is 86.2 Å². The molecule has 61 heavy (non-hydrogen) atoms. The summed E-state index contributed by atoms with van der Waals surface area (Å²) in [6.45, 7) is 5.35. The Balaban J connectivity index is 0.000000108. The normalized spacial score (nSPS) is 12.9. The zero-order valence-corrected chi connectivity index (χ0v) is 34.6. The summed E-state index contributed by atoms with van der Waals surface area (Å²) in [5.41, 5.74) is 2.91. The Bertz CT molecular complexity index is 3100. The number of fused-ring (bicyclic) bond motifs is 4. The van der Waals surface area contributed by atoms with Crippen molar-refractivity contribution in [1.29, 1.82) is 0 Å². The second-order valence-electron chi connectivity index (χ2n) is 16.0. The van der Waals surface area contributed by atoms with Gasteiger partial charge in [0.25, 0.3) is 0 Å². The molecule has 0 spiro atoms. The van der Waals surface area contributed by atoms with Crippen LogP contribution in [0.2, 0.25) is 0 Å². The van der Waals surface area contributed by atoms with Crippen LogP contribution in [0.25, 0.3) is 86.2 Å². The Hall–Kier alpha value is -6.88. The van der Waals surface area contributed by atoms with Crippen LogP contribution in [0.4, 0.5) is 0 Å². The van der Waals surface area contributed by atoms with Gasteiger partial charge in [-0.15, -0.1) is 0 Å². The highest BCUT2D eigenvalue weighted by molar-refractivity contribution is 6.39. The molecule has 0 bridgehead atoms. The molecular weight excluding hydrogens is 745 g/mol. The van der Waals surface area contributed by atoms with Gasteiger partial charge in [0.2, 0.25) is 0 Å². The zero-order valence-electron chi connectivity index (χ0n) is 34.6. The first-order valence-corrected chi connectivity index (χ1v) is 21.0. The monoisotopic (exact) mass is 792 g/mol. The van der Waals surface area contributed by atoms with Crippen molar-refractivity contribution < 1.29 is 15.3 Å². The third-order valence-electron chi connectivity index (χ3n) is 11.9. The third-order valence-corrected chi connectivity index (χ3v) is 11.9. The second kappa shape index (κ2) is 17.0. The number of benzene rings is 12. The maximum absolute atomic E-state index is 9.38. The van der Waals surface area contributed by atoms with E-state index < -0.39 is 0 Å². The molecule has 0 saturated heterocycles. The fourth-order valence-corrected chi connectivity index (χ4v) is 8.64. The Morgan fingerprint density at radius 2 is 0.492 bits per heavy atom. The van der Waals surface area contributed by atoms with E-state index in [9.17, 15) is 15.3 Å². The molecule has 0 aliphatic rings. The molecule has 12 aromatic rings. The summed E-state index contributed by atoms with van der Waals surface area (Å²) in [5.74, 6) is 0. The summed E-state index contributed by atoms with van der Waals surface area (Å²) >= 11 is 0. The highest BCUT2D eigenvalue weighted by atomic mass is 16.3. The lowest BCUT2D eigenvalue weighted by Crippen LogP contribution is -1.89. The van der Waals surface area contributed by atoms with E-state index in [0.29, 0.717) is 0 Å². The van der Waals surface area contributed by atoms with Gasteiger partial charge >= 0.3 is 0 Å². The molecule has 12 aromatic carbocycles. The lowest BCUT2D eigenvalue weighted by Gasteiger charge is -2.17. The number of aliphatic hydroxyl groups excluding tert-OH is 3. The fraction of sp³-hybridized carbons (Fsp3) is 0.103. The van der Waals surface area contributed by atoms with Crippen LogP contribution in [0.15, 0.2) is 200 Å². The van der Waals surface area contributed by atoms with Gasteiger partial charge in [-0.05, 0) is 142 Å². The Kier molecular flexibility index (Phi) is 11.0. The van der Waals surface area contributed by atoms with Crippen molar-refractivity contribution in [2.45, 2.75) is 39.1 Å². The van der Waals surface area contributed by atoms with Crippen LogP contribution in [0, 0.1) is 0 Å². The van der Waals surface area contributed by atoms with Gasteiger partial charge in [0.05, 0.1) is 18.3 Å². The highest BCUT2D eigenvalue weighted by Crippen LogP contribution is 2.44. The van der Waals surface area contributed by atoms with Crippen LogP contribution in [0.1, 0.15) is 55.8 Å². The molecular formula is C58H48O3. The van der Waals surface area contributed by atoms with Crippen molar-refractivity contribution in [2.75, 3.05) is 0 Å². The fourth-order valence-electron chi connectivity index (χ4n) is 8.64. The molecule has 0 radical (unpaired) electrons. The second-order valence-corrected chi connectivity index (χ2v) is 16.0. The predicted molar refractivity (Wildman–Crippen MR) is 260 cm³/mol. The number of hydrogen-bond donors (Lipinski definition) is 3. The summed E-state index contributed by atoms with van der Waals surface area (Å²) in [7, 11) is 0. The molecule has 0 fully saturated rings. The van der Waals surface area contributed by atoms with E-state index in [1.165, 1.54) is 86.2 Å². The van der Waals surface area contributed by atoms with Gasteiger partial charge in [0.15, 0.2) is 0 Å². The topological polar surface area (TPSA) is 60.7 Å². The van der Waals surface area contributed by atoms with E-state index in [4.69, 9.17) is 0 Å². The van der Waals surface area contributed by atoms with Crippen LogP contribution in [0.5, 0.6) is 0 Å². The molecule has 3 atom stereocenters. The van der Waals surface area contributed by atoms with Gasteiger partial charge in [-0.25, -0.2) is 0 Å². The van der Waals surface area contributed by atoms with Gasteiger partial charge in [-0.1, -0.05) is 182 Å². The van der Waals surface area contributed by atoms with E-state index in [2.05, 4.69) is 109 Å². The Morgan fingerprint density at radius 1 is 0.246 bits per heavy atom. The minimum atomic E-state index is -0.385. The Morgan fingerprint density at radius 3 is 0.787 bits per heavy atom. The lowest BCUT2D eigenvalue weighted by molar-refractivity contribution is 0.199. The van der Waals surface area contributed by atoms with Crippen molar-refractivity contribution in [3.63, 3.8) is 0 Å². The first-order chi connectivity index (χ1) is 29.7. The van der Waals surface area contributed by atoms with E-state index in [0.717, 1.165) is 16.7 Å². The SMILES string of the molecule is CC(O)c1ccc2ccccc2c1.CC(O)c1ccc2ccccc2c1.CC(O)c1ccc2ccccc2c1.c1cc2ccc3ccc4ccc5cccc6c(c1)c2c3c4c56. The van der Waals surface area contributed by atoms with Gasteiger partial charge in [-0.2, -0.15) is 0 Å². The molecule has 3 unspecified atom stereocenters. The van der Waals surface area contributed by atoms with Crippen molar-refractivity contribution in [1.82, 2.24) is 0 Å². The van der Waals surface area contributed by atoms with E-state index >= 15 is 0 Å². The molecule has 0 heterocycles.